The third kappa shape index (κ3) is 5.24. The lowest BCUT2D eigenvalue weighted by atomic mass is 10.0. The van der Waals surface area contributed by atoms with Gasteiger partial charge < -0.3 is 0 Å². The lowest BCUT2D eigenvalue weighted by Gasteiger charge is -2.10. The molecule has 0 fully saturated rings. The minimum atomic E-state index is 0.660. The Hall–Kier alpha value is -8.04. The molecule has 0 spiro atoms. The molecule has 0 saturated carbocycles. The van der Waals surface area contributed by atoms with Gasteiger partial charge in [0.25, 0.3) is 0 Å². The van der Waals surface area contributed by atoms with Crippen molar-refractivity contribution in [1.82, 2.24) is 29.1 Å². The number of hydrogen-bond donors (Lipinski definition) is 0. The summed E-state index contributed by atoms with van der Waals surface area (Å²) in [5.74, 6) is 1.32. The predicted molar refractivity (Wildman–Crippen MR) is 268 cm³/mol. The van der Waals surface area contributed by atoms with Crippen molar-refractivity contribution >= 4 is 107 Å². The van der Waals surface area contributed by atoms with Crippen LogP contribution >= 0.6 is 22.7 Å². The highest BCUT2D eigenvalue weighted by atomic mass is 32.1. The van der Waals surface area contributed by atoms with Crippen LogP contribution in [0.4, 0.5) is 0 Å². The second-order valence-electron chi connectivity index (χ2n) is 16.2. The molecule has 0 radical (unpaired) electrons. The average molecular weight is 853 g/mol. The predicted octanol–water partition coefficient (Wildman–Crippen LogP) is 15.2. The Morgan fingerprint density at radius 2 is 0.641 bits per heavy atom. The molecule has 8 aromatic carbocycles. The summed E-state index contributed by atoms with van der Waals surface area (Å²) in [6.07, 6.45) is 0. The third-order valence-corrected chi connectivity index (χ3v) is 14.9. The number of benzene rings is 8. The van der Waals surface area contributed by atoms with Crippen LogP contribution in [0.3, 0.4) is 0 Å². The molecule has 6 nitrogen and oxygen atoms in total. The Balaban J connectivity index is 0.994. The molecule has 0 bridgehead atoms. The highest BCUT2D eigenvalue weighted by molar-refractivity contribution is 7.26. The Bertz CT molecular complexity index is 3820. The number of fused-ring (bicyclic) bond motifs is 12. The monoisotopic (exact) mass is 852 g/mol. The summed E-state index contributed by atoms with van der Waals surface area (Å²) in [6.45, 7) is 0. The zero-order chi connectivity index (χ0) is 41.9. The summed E-state index contributed by atoms with van der Waals surface area (Å²) in [7, 11) is 0. The van der Waals surface area contributed by atoms with E-state index in [9.17, 15) is 0 Å². The van der Waals surface area contributed by atoms with E-state index in [-0.39, 0.29) is 0 Å². The summed E-state index contributed by atoms with van der Waals surface area (Å²) in [5, 5.41) is 6.94. The number of rotatable bonds is 5. The van der Waals surface area contributed by atoms with Crippen molar-refractivity contribution in [1.29, 1.82) is 0 Å². The molecule has 0 saturated heterocycles. The molecule has 6 aromatic heterocycles. The van der Waals surface area contributed by atoms with Gasteiger partial charge in [0.05, 0.1) is 53.9 Å². The molecule has 0 N–H and O–H groups in total. The molecule has 14 rings (SSSR count). The van der Waals surface area contributed by atoms with Crippen LogP contribution in [-0.2, 0) is 0 Å². The first-order valence-corrected chi connectivity index (χ1v) is 22.9. The van der Waals surface area contributed by atoms with Crippen molar-refractivity contribution < 1.29 is 0 Å². The molecule has 0 unspecified atom stereocenters. The number of para-hydroxylation sites is 4. The summed E-state index contributed by atoms with van der Waals surface area (Å²) < 4.78 is 8.93. The van der Waals surface area contributed by atoms with Crippen LogP contribution in [0.5, 0.6) is 0 Å². The first-order chi connectivity index (χ1) is 31.7. The molecular formula is C56H32N6S2. The van der Waals surface area contributed by atoms with Gasteiger partial charge in [-0.15, -0.1) is 22.7 Å². The first kappa shape index (κ1) is 35.5. The summed E-state index contributed by atoms with van der Waals surface area (Å²) in [6, 6.07) is 68.8. The van der Waals surface area contributed by atoms with Crippen LogP contribution in [0.15, 0.2) is 194 Å². The Kier molecular flexibility index (Phi) is 7.63. The fourth-order valence-electron chi connectivity index (χ4n) is 9.68. The lowest BCUT2D eigenvalue weighted by molar-refractivity contribution is 1.02. The number of thiophene rings is 2. The van der Waals surface area contributed by atoms with Gasteiger partial charge in [-0.1, -0.05) is 146 Å². The molecule has 0 aliphatic rings. The molecule has 0 aliphatic heterocycles. The highest BCUT2D eigenvalue weighted by Crippen LogP contribution is 2.44. The SMILES string of the molecule is c1ccc(-c2nc(-n3c4ccccc4c4ccccc43)nc3c2sc2ccc(-c4ccc5sc6c(-c7ccccc7)nc(-n7c8ccccc8c8ccccc87)nc6c5c4)cc23)cc1. The van der Waals surface area contributed by atoms with E-state index in [0.29, 0.717) is 11.9 Å². The minimum Gasteiger partial charge on any atom is -0.278 e. The van der Waals surface area contributed by atoms with Gasteiger partial charge in [-0.05, 0) is 59.7 Å². The maximum atomic E-state index is 5.47. The molecule has 64 heavy (non-hydrogen) atoms. The van der Waals surface area contributed by atoms with Crippen LogP contribution in [0.2, 0.25) is 0 Å². The van der Waals surface area contributed by atoms with Crippen LogP contribution in [0.1, 0.15) is 0 Å². The molecular weight excluding hydrogens is 821 g/mol. The van der Waals surface area contributed by atoms with Crippen LogP contribution in [0, 0.1) is 0 Å². The maximum Gasteiger partial charge on any atom is 0.235 e. The molecule has 298 valence electrons. The van der Waals surface area contributed by atoms with Crippen molar-refractivity contribution in [2.45, 2.75) is 0 Å². The number of aromatic nitrogens is 6. The van der Waals surface area contributed by atoms with Crippen LogP contribution in [0.25, 0.3) is 130 Å². The lowest BCUT2D eigenvalue weighted by Crippen LogP contribution is -2.02. The van der Waals surface area contributed by atoms with E-state index < -0.39 is 0 Å². The molecule has 0 atom stereocenters. The van der Waals surface area contributed by atoms with Crippen molar-refractivity contribution in [3.05, 3.63) is 194 Å². The van der Waals surface area contributed by atoms with Gasteiger partial charge >= 0.3 is 0 Å². The van der Waals surface area contributed by atoms with E-state index in [1.165, 1.54) is 30.9 Å². The number of nitrogens with zero attached hydrogens (tertiary/aromatic N) is 6. The van der Waals surface area contributed by atoms with Crippen molar-refractivity contribution in [2.24, 2.45) is 0 Å². The van der Waals surface area contributed by atoms with Crippen molar-refractivity contribution in [2.75, 3.05) is 0 Å². The Labute approximate surface area is 373 Å². The number of hydrogen-bond acceptors (Lipinski definition) is 6. The van der Waals surface area contributed by atoms with E-state index in [2.05, 4.69) is 203 Å². The molecule has 14 aromatic rings. The summed E-state index contributed by atoms with van der Waals surface area (Å²) in [5.41, 5.74) is 12.5. The van der Waals surface area contributed by atoms with Crippen LogP contribution < -0.4 is 0 Å². The zero-order valence-electron chi connectivity index (χ0n) is 34.0. The van der Waals surface area contributed by atoms with Gasteiger partial charge in [0.2, 0.25) is 11.9 Å². The third-order valence-electron chi connectivity index (χ3n) is 12.6. The van der Waals surface area contributed by atoms with Crippen molar-refractivity contribution in [3.63, 3.8) is 0 Å². The quantitative estimate of drug-likeness (QED) is 0.173. The topological polar surface area (TPSA) is 61.4 Å². The molecule has 8 heteroatoms. The van der Waals surface area contributed by atoms with Gasteiger partial charge in [-0.2, -0.15) is 0 Å². The minimum absolute atomic E-state index is 0.660. The van der Waals surface area contributed by atoms with Gasteiger partial charge in [0, 0.05) is 52.8 Å². The molecule has 6 heterocycles. The fraction of sp³-hybridized carbons (Fsp3) is 0. The summed E-state index contributed by atoms with van der Waals surface area (Å²) >= 11 is 3.51. The van der Waals surface area contributed by atoms with E-state index in [1.807, 2.05) is 0 Å². The van der Waals surface area contributed by atoms with Crippen LogP contribution in [-0.4, -0.2) is 29.1 Å². The second-order valence-corrected chi connectivity index (χ2v) is 18.3. The summed E-state index contributed by atoms with van der Waals surface area (Å²) in [4.78, 5) is 21.7. The van der Waals surface area contributed by atoms with E-state index in [0.717, 1.165) is 86.9 Å². The second kappa shape index (κ2) is 13.7. The van der Waals surface area contributed by atoms with Crippen molar-refractivity contribution in [3.8, 4) is 45.5 Å². The normalized spacial score (nSPS) is 12.1. The first-order valence-electron chi connectivity index (χ1n) is 21.3. The average Bonchev–Trinajstić information content (AvgIpc) is 4.11. The largest absolute Gasteiger partial charge is 0.278 e. The highest BCUT2D eigenvalue weighted by Gasteiger charge is 2.22. The smallest absolute Gasteiger partial charge is 0.235 e. The van der Waals surface area contributed by atoms with E-state index in [4.69, 9.17) is 19.9 Å². The van der Waals surface area contributed by atoms with Gasteiger partial charge in [-0.3, -0.25) is 9.13 Å². The Morgan fingerprint density at radius 3 is 1.02 bits per heavy atom. The van der Waals surface area contributed by atoms with Gasteiger partial charge in [-0.25, -0.2) is 19.9 Å². The zero-order valence-corrected chi connectivity index (χ0v) is 35.6. The van der Waals surface area contributed by atoms with E-state index >= 15 is 0 Å². The molecule has 0 aliphatic carbocycles. The van der Waals surface area contributed by atoms with Gasteiger partial charge in [0.1, 0.15) is 0 Å². The fourth-order valence-corrected chi connectivity index (χ4v) is 12.0. The standard InChI is InChI=1S/C56H32N6S2/c1-3-15-33(16-4-1)49-53-51(59-55(57-49)61-43-23-11-7-19-37(43)38-20-8-12-24-44(38)61)41-31-35(27-29-47(41)63-53)36-28-30-48-42(32-36)52-54(64-48)50(34-17-5-2-6-18-34)58-56(60-52)62-45-25-13-9-21-39(45)40-22-10-14-26-46(40)62/h1-32H. The maximum absolute atomic E-state index is 5.47. The van der Waals surface area contributed by atoms with Gasteiger partial charge in [0.15, 0.2) is 0 Å². The Morgan fingerprint density at radius 1 is 0.297 bits per heavy atom. The molecule has 0 amide bonds. The van der Waals surface area contributed by atoms with E-state index in [1.54, 1.807) is 22.7 Å².